The minimum absolute atomic E-state index is 0.0340. The highest BCUT2D eigenvalue weighted by Gasteiger charge is 2.45. The van der Waals surface area contributed by atoms with Crippen molar-refractivity contribution in [1.29, 1.82) is 0 Å². The summed E-state index contributed by atoms with van der Waals surface area (Å²) in [6, 6.07) is 10.8. The Morgan fingerprint density at radius 1 is 1.29 bits per heavy atom. The molecule has 2 aromatic rings. The molecule has 0 radical (unpaired) electrons. The molecule has 0 aromatic heterocycles. The average Bonchev–Trinajstić information content (AvgIpc) is 2.73. The summed E-state index contributed by atoms with van der Waals surface area (Å²) in [7, 11) is 1.94. The van der Waals surface area contributed by atoms with Gasteiger partial charge in [0.05, 0.1) is 18.6 Å². The van der Waals surface area contributed by atoms with Crippen LogP contribution < -0.4 is 4.74 Å². The zero-order chi connectivity index (χ0) is 25.3. The first kappa shape index (κ1) is 27.2. The van der Waals surface area contributed by atoms with Crippen molar-refractivity contribution in [1.82, 2.24) is 4.90 Å². The zero-order valence-corrected chi connectivity index (χ0v) is 23.6. The quantitative estimate of drug-likeness (QED) is 0.285. The van der Waals surface area contributed by atoms with Crippen molar-refractivity contribution in [2.45, 2.75) is 52.4 Å². The Morgan fingerprint density at radius 3 is 2.59 bits per heavy atom. The van der Waals surface area contributed by atoms with Gasteiger partial charge in [-0.15, -0.1) is 0 Å². The van der Waals surface area contributed by atoms with E-state index in [-0.39, 0.29) is 22.4 Å². The lowest BCUT2D eigenvalue weighted by molar-refractivity contribution is -0.867. The molecule has 2 unspecified atom stereocenters. The summed E-state index contributed by atoms with van der Waals surface area (Å²) in [5, 5.41) is 0.615. The molecule has 0 bridgehead atoms. The fraction of sp³-hybridized carbons (Fsp3) is 0.500. The van der Waals surface area contributed by atoms with Crippen LogP contribution in [0.1, 0.15) is 44.9 Å². The van der Waals surface area contributed by atoms with E-state index in [0.29, 0.717) is 42.5 Å². The highest BCUT2D eigenvalue weighted by Crippen LogP contribution is 2.30. The van der Waals surface area contributed by atoms with E-state index in [4.69, 9.17) is 21.1 Å². The molecule has 0 N–H and O–H groups in total. The van der Waals surface area contributed by atoms with Gasteiger partial charge in [-0.2, -0.15) is 4.79 Å². The summed E-state index contributed by atoms with van der Waals surface area (Å²) in [6.07, 6.45) is -0.599. The second kappa shape index (κ2) is 10.7. The third kappa shape index (κ3) is 6.62. The maximum Gasteiger partial charge on any atom is 0.516 e. The van der Waals surface area contributed by atoms with Crippen LogP contribution in [0.2, 0.25) is 5.02 Å². The molecule has 2 aromatic carbocycles. The molecule has 0 saturated carbocycles. The molecule has 1 aliphatic heterocycles. The van der Waals surface area contributed by atoms with Crippen LogP contribution in [0.15, 0.2) is 36.4 Å². The Labute approximate surface area is 220 Å². The lowest BCUT2D eigenvalue weighted by Gasteiger charge is -2.45. The van der Waals surface area contributed by atoms with Gasteiger partial charge in [0, 0.05) is 16.7 Å². The van der Waals surface area contributed by atoms with Crippen molar-refractivity contribution in [2.75, 3.05) is 33.2 Å². The lowest BCUT2D eigenvalue weighted by Crippen LogP contribution is -2.66. The average molecular weight is 604 g/mol. The number of likely N-dealkylation sites (N-methyl/N-ethyl adjacent to an activating group) is 1. The van der Waals surface area contributed by atoms with Crippen molar-refractivity contribution in [3.05, 3.63) is 61.9 Å². The summed E-state index contributed by atoms with van der Waals surface area (Å²) in [5.74, 6) is 0.378. The number of hydrogen-bond donors (Lipinski definition) is 0. The van der Waals surface area contributed by atoms with Crippen LogP contribution in [0, 0.1) is 16.3 Å². The second-order valence-electron chi connectivity index (χ2n) is 10.3. The summed E-state index contributed by atoms with van der Waals surface area (Å²) in [6.45, 7) is 12.0. The molecule has 8 heteroatoms. The summed E-state index contributed by atoms with van der Waals surface area (Å²) >= 11 is 8.48. The van der Waals surface area contributed by atoms with Crippen LogP contribution in [0.25, 0.3) is 0 Å². The van der Waals surface area contributed by atoms with Gasteiger partial charge in [0.25, 0.3) is 0 Å². The van der Waals surface area contributed by atoms with E-state index in [2.05, 4.69) is 34.4 Å². The number of halogens is 3. The minimum atomic E-state index is -0.529. The predicted molar refractivity (Wildman–Crippen MR) is 142 cm³/mol. The SMILES string of the molecule is Cc1ccc(C(CN2CC[N+](C)(C(=O)OC(C)(C)C)[C@H](C)C2)Oc2ccc(I)c(Cl)c2)cc1F. The molecule has 3 atom stereocenters. The van der Waals surface area contributed by atoms with Gasteiger partial charge in [-0.3, -0.25) is 4.90 Å². The molecular formula is C26H34ClFIN2O3+. The smallest absolute Gasteiger partial charge is 0.484 e. The fourth-order valence-corrected chi connectivity index (χ4v) is 4.49. The molecule has 1 amide bonds. The Balaban J connectivity index is 1.79. The fourth-order valence-electron chi connectivity index (χ4n) is 3.99. The molecule has 186 valence electrons. The monoisotopic (exact) mass is 603 g/mol. The number of nitrogens with zero attached hydrogens (tertiary/aromatic N) is 2. The molecule has 0 spiro atoms. The first-order chi connectivity index (χ1) is 15.8. The molecule has 1 saturated heterocycles. The number of amides is 1. The van der Waals surface area contributed by atoms with E-state index < -0.39 is 11.7 Å². The third-order valence-electron chi connectivity index (χ3n) is 6.35. The molecule has 34 heavy (non-hydrogen) atoms. The highest BCUT2D eigenvalue weighted by atomic mass is 127. The van der Waals surface area contributed by atoms with Gasteiger partial charge in [0.2, 0.25) is 0 Å². The van der Waals surface area contributed by atoms with Crippen LogP contribution in [-0.2, 0) is 4.74 Å². The van der Waals surface area contributed by atoms with Crippen LogP contribution in [0.5, 0.6) is 5.75 Å². The van der Waals surface area contributed by atoms with E-state index in [9.17, 15) is 9.18 Å². The van der Waals surface area contributed by atoms with Crippen molar-refractivity contribution < 1.29 is 23.1 Å². The number of piperazine rings is 1. The van der Waals surface area contributed by atoms with E-state index in [1.165, 1.54) is 0 Å². The van der Waals surface area contributed by atoms with Crippen molar-refractivity contribution in [3.63, 3.8) is 0 Å². The van der Waals surface area contributed by atoms with Gasteiger partial charge in [0.1, 0.15) is 35.9 Å². The van der Waals surface area contributed by atoms with Gasteiger partial charge in [-0.1, -0.05) is 23.7 Å². The number of rotatable bonds is 5. The highest BCUT2D eigenvalue weighted by molar-refractivity contribution is 14.1. The predicted octanol–water partition coefficient (Wildman–Crippen LogP) is 6.60. The molecule has 5 nitrogen and oxygen atoms in total. The second-order valence-corrected chi connectivity index (χ2v) is 11.8. The topological polar surface area (TPSA) is 38.8 Å². The van der Waals surface area contributed by atoms with Crippen molar-refractivity contribution >= 4 is 40.3 Å². The van der Waals surface area contributed by atoms with Crippen LogP contribution in [0.4, 0.5) is 9.18 Å². The zero-order valence-electron chi connectivity index (χ0n) is 20.7. The van der Waals surface area contributed by atoms with Gasteiger partial charge < -0.3 is 9.47 Å². The number of hydrogen-bond acceptors (Lipinski definition) is 4. The number of carbonyl (C=O) groups excluding carboxylic acids is 1. The Bertz CT molecular complexity index is 1050. The molecule has 3 rings (SSSR count). The van der Waals surface area contributed by atoms with E-state index in [1.54, 1.807) is 25.1 Å². The maximum absolute atomic E-state index is 14.4. The number of carbonyl (C=O) groups is 1. The Morgan fingerprint density at radius 2 is 2.00 bits per heavy atom. The van der Waals surface area contributed by atoms with Crippen LogP contribution >= 0.6 is 34.2 Å². The number of benzene rings is 2. The molecule has 1 aliphatic rings. The number of aryl methyl sites for hydroxylation is 1. The Hall–Kier alpha value is -1.42. The normalized spacial score (nSPS) is 22.3. The van der Waals surface area contributed by atoms with Crippen molar-refractivity contribution in [2.24, 2.45) is 0 Å². The number of quaternary nitrogens is 1. The standard InChI is InChI=1S/C26H34ClFIN2O3/c1-17-7-8-19(13-22(17)28)24(33-20-9-10-23(29)21(27)14-20)16-30-11-12-31(6,18(2)15-30)25(32)34-26(3,4)5/h7-10,13-14,18,24H,11-12,15-16H2,1-6H3/q+1/t18-,24?,31?/m1/s1. The maximum atomic E-state index is 14.4. The first-order valence-electron chi connectivity index (χ1n) is 11.5. The van der Waals surface area contributed by atoms with Crippen LogP contribution in [-0.4, -0.2) is 60.3 Å². The molecular weight excluding hydrogens is 570 g/mol. The Kier molecular flexibility index (Phi) is 8.54. The summed E-state index contributed by atoms with van der Waals surface area (Å²) < 4.78 is 27.6. The van der Waals surface area contributed by atoms with Crippen molar-refractivity contribution in [3.8, 4) is 5.75 Å². The molecule has 1 heterocycles. The van der Waals surface area contributed by atoms with Gasteiger partial charge in [-0.25, -0.2) is 8.87 Å². The van der Waals surface area contributed by atoms with Gasteiger partial charge in [0.15, 0.2) is 0 Å². The minimum Gasteiger partial charge on any atom is -0.484 e. The van der Waals surface area contributed by atoms with Gasteiger partial charge >= 0.3 is 6.09 Å². The first-order valence-corrected chi connectivity index (χ1v) is 12.9. The van der Waals surface area contributed by atoms with Gasteiger partial charge in [-0.05, 0) is 92.6 Å². The molecule has 1 fully saturated rings. The summed E-state index contributed by atoms with van der Waals surface area (Å²) in [4.78, 5) is 15.2. The molecule has 0 aliphatic carbocycles. The van der Waals surface area contributed by atoms with E-state index >= 15 is 0 Å². The third-order valence-corrected chi connectivity index (χ3v) is 7.92. The number of ether oxygens (including phenoxy) is 2. The largest absolute Gasteiger partial charge is 0.516 e. The summed E-state index contributed by atoms with van der Waals surface area (Å²) in [5.41, 5.74) is 0.829. The van der Waals surface area contributed by atoms with Crippen LogP contribution in [0.3, 0.4) is 0 Å². The van der Waals surface area contributed by atoms with E-state index in [1.807, 2.05) is 46.0 Å². The lowest BCUT2D eigenvalue weighted by atomic mass is 10.0. The van der Waals surface area contributed by atoms with E-state index in [0.717, 1.165) is 9.13 Å².